The Morgan fingerprint density at radius 2 is 1.81 bits per heavy atom. The first kappa shape index (κ1) is 22.6. The van der Waals surface area contributed by atoms with Crippen LogP contribution in [0.3, 0.4) is 0 Å². The number of sulfone groups is 1. The summed E-state index contributed by atoms with van der Waals surface area (Å²) in [7, 11) is -3.73. The van der Waals surface area contributed by atoms with Crippen molar-refractivity contribution in [2.24, 2.45) is 0 Å². The van der Waals surface area contributed by atoms with Crippen LogP contribution >= 0.6 is 0 Å². The van der Waals surface area contributed by atoms with Crippen LogP contribution in [0.4, 0.5) is 0 Å². The molecule has 8 heteroatoms. The van der Waals surface area contributed by atoms with Crippen molar-refractivity contribution in [3.63, 3.8) is 0 Å². The largest absolute Gasteiger partial charge is 0.494 e. The summed E-state index contributed by atoms with van der Waals surface area (Å²) in [4.78, 5) is 16.6. The average molecular weight is 443 g/mol. The molecule has 2 aromatic carbocycles. The van der Waals surface area contributed by atoms with Crippen molar-refractivity contribution in [3.05, 3.63) is 71.1 Å². The van der Waals surface area contributed by atoms with Gasteiger partial charge < -0.3 is 14.5 Å². The summed E-state index contributed by atoms with van der Waals surface area (Å²) in [5, 5.41) is 2.65. The minimum absolute atomic E-state index is 0.185. The fourth-order valence-corrected chi connectivity index (χ4v) is 4.43. The van der Waals surface area contributed by atoms with Crippen LogP contribution in [0.2, 0.25) is 0 Å². The number of carbonyl (C=O) groups is 1. The van der Waals surface area contributed by atoms with E-state index in [4.69, 9.17) is 9.15 Å². The van der Waals surface area contributed by atoms with Gasteiger partial charge in [0.05, 0.1) is 18.1 Å². The second-order valence-corrected chi connectivity index (χ2v) is 9.25. The highest BCUT2D eigenvalue weighted by atomic mass is 32.2. The molecule has 31 heavy (non-hydrogen) atoms. The second-order valence-electron chi connectivity index (χ2n) is 7.19. The Labute approximate surface area is 182 Å². The highest BCUT2D eigenvalue weighted by Crippen LogP contribution is 2.25. The number of hydrogen-bond donors (Lipinski definition) is 1. The van der Waals surface area contributed by atoms with Crippen molar-refractivity contribution >= 4 is 15.7 Å². The third kappa shape index (κ3) is 5.95. The van der Waals surface area contributed by atoms with E-state index in [1.165, 1.54) is 0 Å². The molecule has 0 fully saturated rings. The smallest absolute Gasteiger partial charge is 0.235 e. The van der Waals surface area contributed by atoms with Gasteiger partial charge in [0.25, 0.3) is 0 Å². The van der Waals surface area contributed by atoms with Gasteiger partial charge in [0.1, 0.15) is 17.3 Å². The van der Waals surface area contributed by atoms with E-state index in [9.17, 15) is 13.2 Å². The Bertz CT molecular complexity index is 1170. The molecule has 1 amide bonds. The number of nitrogens with zero attached hydrogens (tertiary/aromatic N) is 1. The first-order valence-electron chi connectivity index (χ1n) is 9.99. The number of hydrogen-bond acceptors (Lipinski definition) is 6. The second kappa shape index (κ2) is 9.78. The zero-order chi connectivity index (χ0) is 22.4. The molecule has 0 aliphatic heterocycles. The predicted molar refractivity (Wildman–Crippen MR) is 118 cm³/mol. The van der Waals surface area contributed by atoms with Gasteiger partial charge in [-0.3, -0.25) is 4.79 Å². The topological polar surface area (TPSA) is 98.5 Å². The number of nitrogens with one attached hydrogen (secondary N) is 1. The molecule has 0 radical (unpaired) electrons. The fraction of sp³-hybridized carbons (Fsp3) is 0.304. The molecule has 1 heterocycles. The summed E-state index contributed by atoms with van der Waals surface area (Å²) in [6.07, 6.45) is 0. The van der Waals surface area contributed by atoms with Crippen LogP contribution in [0.15, 0.2) is 52.9 Å². The third-order valence-corrected chi connectivity index (χ3v) is 6.14. The molecule has 0 saturated carbocycles. The summed E-state index contributed by atoms with van der Waals surface area (Å²) >= 11 is 0. The van der Waals surface area contributed by atoms with Crippen LogP contribution in [-0.4, -0.2) is 31.7 Å². The zero-order valence-corrected chi connectivity index (χ0v) is 18.7. The Morgan fingerprint density at radius 3 is 2.55 bits per heavy atom. The maximum absolute atomic E-state index is 12.6. The SMILES string of the molecule is CCOc1ccccc1CNC(=O)CS(=O)(=O)Cc1nc(-c2ccccc2C)oc1C. The van der Waals surface area contributed by atoms with Gasteiger partial charge in [-0.25, -0.2) is 13.4 Å². The molecule has 7 nitrogen and oxygen atoms in total. The summed E-state index contributed by atoms with van der Waals surface area (Å²) in [6.45, 7) is 6.16. The molecule has 0 saturated heterocycles. The van der Waals surface area contributed by atoms with Gasteiger partial charge in [0.15, 0.2) is 9.84 Å². The maximum Gasteiger partial charge on any atom is 0.235 e. The number of aromatic nitrogens is 1. The van der Waals surface area contributed by atoms with E-state index < -0.39 is 21.5 Å². The molecule has 0 aliphatic carbocycles. The van der Waals surface area contributed by atoms with Gasteiger partial charge in [-0.05, 0) is 38.5 Å². The van der Waals surface area contributed by atoms with Gasteiger partial charge in [0, 0.05) is 17.7 Å². The van der Waals surface area contributed by atoms with E-state index in [0.29, 0.717) is 29.7 Å². The lowest BCUT2D eigenvalue weighted by Crippen LogP contribution is -2.30. The van der Waals surface area contributed by atoms with Gasteiger partial charge in [-0.2, -0.15) is 0 Å². The van der Waals surface area contributed by atoms with Crippen LogP contribution in [0, 0.1) is 13.8 Å². The van der Waals surface area contributed by atoms with Gasteiger partial charge >= 0.3 is 0 Å². The molecule has 3 rings (SSSR count). The summed E-state index contributed by atoms with van der Waals surface area (Å²) in [5.41, 5.74) is 2.88. The van der Waals surface area contributed by atoms with E-state index >= 15 is 0 Å². The molecule has 1 N–H and O–H groups in total. The molecule has 0 unspecified atom stereocenters. The van der Waals surface area contributed by atoms with Crippen LogP contribution < -0.4 is 10.1 Å². The van der Waals surface area contributed by atoms with E-state index in [-0.39, 0.29) is 12.3 Å². The molecule has 3 aromatic rings. The van der Waals surface area contributed by atoms with Crippen LogP contribution in [0.5, 0.6) is 5.75 Å². The Hall–Kier alpha value is -3.13. The van der Waals surface area contributed by atoms with Gasteiger partial charge in [-0.15, -0.1) is 0 Å². The number of oxazole rings is 1. The summed E-state index contributed by atoms with van der Waals surface area (Å²) < 4.78 is 36.4. The fourth-order valence-electron chi connectivity index (χ4n) is 3.14. The third-order valence-electron chi connectivity index (χ3n) is 4.72. The molecule has 0 atom stereocenters. The predicted octanol–water partition coefficient (Wildman–Crippen LogP) is 3.59. The Balaban J connectivity index is 1.64. The maximum atomic E-state index is 12.6. The van der Waals surface area contributed by atoms with Crippen molar-refractivity contribution in [1.82, 2.24) is 10.3 Å². The number of carbonyl (C=O) groups excluding carboxylic acids is 1. The van der Waals surface area contributed by atoms with E-state index in [0.717, 1.165) is 16.7 Å². The molecule has 0 bridgehead atoms. The summed E-state index contributed by atoms with van der Waals surface area (Å²) in [6, 6.07) is 14.9. The lowest BCUT2D eigenvalue weighted by Gasteiger charge is -2.11. The highest BCUT2D eigenvalue weighted by Gasteiger charge is 2.22. The highest BCUT2D eigenvalue weighted by molar-refractivity contribution is 7.91. The van der Waals surface area contributed by atoms with E-state index in [2.05, 4.69) is 10.3 Å². The van der Waals surface area contributed by atoms with E-state index in [1.54, 1.807) is 13.0 Å². The van der Waals surface area contributed by atoms with Gasteiger partial charge in [-0.1, -0.05) is 36.4 Å². The number of rotatable bonds is 9. The first-order valence-corrected chi connectivity index (χ1v) is 11.8. The molecule has 0 aliphatic rings. The molecule has 164 valence electrons. The quantitative estimate of drug-likeness (QED) is 0.544. The van der Waals surface area contributed by atoms with Crippen molar-refractivity contribution in [2.45, 2.75) is 33.1 Å². The molecular formula is C23H26N2O5S. The standard InChI is InChI=1S/C23H26N2O5S/c1-4-29-21-12-8-6-10-18(21)13-24-22(26)15-31(27,28)14-20-17(3)30-23(25-20)19-11-7-5-9-16(19)2/h5-12H,4,13-15H2,1-3H3,(H,24,26). The minimum Gasteiger partial charge on any atom is -0.494 e. The van der Waals surface area contributed by atoms with E-state index in [1.807, 2.05) is 56.3 Å². The van der Waals surface area contributed by atoms with Crippen LogP contribution in [0.25, 0.3) is 11.5 Å². The number of ether oxygens (including phenoxy) is 1. The Morgan fingerprint density at radius 1 is 1.10 bits per heavy atom. The molecule has 1 aromatic heterocycles. The van der Waals surface area contributed by atoms with Crippen LogP contribution in [0.1, 0.15) is 29.5 Å². The van der Waals surface area contributed by atoms with Gasteiger partial charge in [0.2, 0.25) is 11.8 Å². The van der Waals surface area contributed by atoms with Crippen LogP contribution in [-0.2, 0) is 26.9 Å². The normalized spacial score (nSPS) is 11.3. The summed E-state index contributed by atoms with van der Waals surface area (Å²) in [5.74, 6) is -0.111. The van der Waals surface area contributed by atoms with Crippen molar-refractivity contribution in [3.8, 4) is 17.2 Å². The van der Waals surface area contributed by atoms with Crippen molar-refractivity contribution in [1.29, 1.82) is 0 Å². The lowest BCUT2D eigenvalue weighted by molar-refractivity contribution is -0.118. The Kier molecular flexibility index (Phi) is 7.12. The molecule has 0 spiro atoms. The number of benzene rings is 2. The zero-order valence-electron chi connectivity index (χ0n) is 17.8. The lowest BCUT2D eigenvalue weighted by atomic mass is 10.1. The number of aryl methyl sites for hydroxylation is 2. The number of amides is 1. The molecular weight excluding hydrogens is 416 g/mol. The van der Waals surface area contributed by atoms with Crippen molar-refractivity contribution in [2.75, 3.05) is 12.4 Å². The minimum atomic E-state index is -3.73. The average Bonchev–Trinajstić information content (AvgIpc) is 3.07. The number of para-hydroxylation sites is 1. The first-order chi connectivity index (χ1) is 14.8. The van der Waals surface area contributed by atoms with Crippen molar-refractivity contribution < 1.29 is 22.4 Å². The monoisotopic (exact) mass is 442 g/mol.